The Hall–Kier alpha value is -2.00. The predicted octanol–water partition coefficient (Wildman–Crippen LogP) is 4.37. The molecule has 1 unspecified atom stereocenters. The van der Waals surface area contributed by atoms with Crippen LogP contribution in [0.15, 0.2) is 48.5 Å². The topological polar surface area (TPSA) is 32.3 Å². The van der Waals surface area contributed by atoms with Gasteiger partial charge in [0.05, 0.1) is 6.42 Å². The van der Waals surface area contributed by atoms with Crippen LogP contribution in [0, 0.1) is 5.92 Å². The molecule has 1 amide bonds. The van der Waals surface area contributed by atoms with E-state index in [0.717, 1.165) is 30.3 Å². The highest BCUT2D eigenvalue weighted by Gasteiger charge is 2.18. The molecule has 1 aliphatic heterocycles. The van der Waals surface area contributed by atoms with Gasteiger partial charge in [0.1, 0.15) is 0 Å². The van der Waals surface area contributed by atoms with E-state index >= 15 is 0 Å². The molecule has 0 radical (unpaired) electrons. The molecule has 0 aromatic heterocycles. The summed E-state index contributed by atoms with van der Waals surface area (Å²) in [5.41, 5.74) is 2.97. The van der Waals surface area contributed by atoms with Crippen molar-refractivity contribution in [1.82, 2.24) is 0 Å². The average molecular weight is 329 g/mol. The smallest absolute Gasteiger partial charge is 0.228 e. The van der Waals surface area contributed by atoms with Crippen LogP contribution in [0.5, 0.6) is 0 Å². The summed E-state index contributed by atoms with van der Waals surface area (Å²) in [6.45, 7) is 4.51. The van der Waals surface area contributed by atoms with Crippen LogP contribution in [-0.4, -0.2) is 19.0 Å². The Morgan fingerprint density at radius 3 is 2.70 bits per heavy atom. The molecule has 1 atom stereocenters. The van der Waals surface area contributed by atoms with Gasteiger partial charge >= 0.3 is 0 Å². The third kappa shape index (κ3) is 4.26. The van der Waals surface area contributed by atoms with Gasteiger partial charge in [-0.2, -0.15) is 0 Å². The van der Waals surface area contributed by atoms with E-state index < -0.39 is 0 Å². The molecule has 23 heavy (non-hydrogen) atoms. The van der Waals surface area contributed by atoms with Crippen LogP contribution in [0.3, 0.4) is 0 Å². The Kier molecular flexibility index (Phi) is 4.87. The lowest BCUT2D eigenvalue weighted by Gasteiger charge is -2.18. The molecule has 2 aromatic rings. The van der Waals surface area contributed by atoms with Crippen molar-refractivity contribution in [3.63, 3.8) is 0 Å². The standard InChI is InChI=1S/C19H21ClN2O/c1-14-9-10-22(13-14)18-7-5-17(6-8-18)21-19(23)12-15-3-2-4-16(20)11-15/h2-8,11,14H,9-10,12-13H2,1H3,(H,21,23). The summed E-state index contributed by atoms with van der Waals surface area (Å²) in [6, 6.07) is 15.5. The molecule has 1 heterocycles. The van der Waals surface area contributed by atoms with Crippen molar-refractivity contribution < 1.29 is 4.79 Å². The second-order valence-electron chi connectivity index (χ2n) is 6.24. The van der Waals surface area contributed by atoms with Gasteiger partial charge in [-0.3, -0.25) is 4.79 Å². The highest BCUT2D eigenvalue weighted by atomic mass is 35.5. The fraction of sp³-hybridized carbons (Fsp3) is 0.316. The number of carbonyl (C=O) groups is 1. The van der Waals surface area contributed by atoms with Crippen molar-refractivity contribution in [3.05, 3.63) is 59.1 Å². The van der Waals surface area contributed by atoms with Crippen LogP contribution < -0.4 is 10.2 Å². The van der Waals surface area contributed by atoms with Gasteiger partial charge in [0.15, 0.2) is 0 Å². The Morgan fingerprint density at radius 2 is 2.04 bits per heavy atom. The van der Waals surface area contributed by atoms with Crippen molar-refractivity contribution in [2.24, 2.45) is 5.92 Å². The van der Waals surface area contributed by atoms with Crippen LogP contribution in [0.1, 0.15) is 18.9 Å². The fourth-order valence-corrected chi connectivity index (χ4v) is 3.18. The molecule has 1 fully saturated rings. The summed E-state index contributed by atoms with van der Waals surface area (Å²) in [7, 11) is 0. The summed E-state index contributed by atoms with van der Waals surface area (Å²) in [6.07, 6.45) is 1.57. The van der Waals surface area contributed by atoms with E-state index in [4.69, 9.17) is 11.6 Å². The zero-order chi connectivity index (χ0) is 16.2. The summed E-state index contributed by atoms with van der Waals surface area (Å²) < 4.78 is 0. The van der Waals surface area contributed by atoms with Gasteiger partial charge in [-0.05, 0) is 54.3 Å². The SMILES string of the molecule is CC1CCN(c2ccc(NC(=O)Cc3cccc(Cl)c3)cc2)C1. The second-order valence-corrected chi connectivity index (χ2v) is 6.68. The minimum Gasteiger partial charge on any atom is -0.371 e. The summed E-state index contributed by atoms with van der Waals surface area (Å²) in [5, 5.41) is 3.59. The summed E-state index contributed by atoms with van der Waals surface area (Å²) >= 11 is 5.94. The number of carbonyl (C=O) groups excluding carboxylic acids is 1. The Bertz CT molecular complexity index is 684. The number of halogens is 1. The van der Waals surface area contributed by atoms with Gasteiger partial charge in [-0.1, -0.05) is 30.7 Å². The Labute approximate surface area is 142 Å². The van der Waals surface area contributed by atoms with E-state index in [9.17, 15) is 4.79 Å². The zero-order valence-electron chi connectivity index (χ0n) is 13.3. The molecule has 0 aliphatic carbocycles. The third-order valence-corrected chi connectivity index (χ3v) is 4.43. The van der Waals surface area contributed by atoms with Crippen LogP contribution in [0.4, 0.5) is 11.4 Å². The summed E-state index contributed by atoms with van der Waals surface area (Å²) in [4.78, 5) is 14.5. The maximum atomic E-state index is 12.1. The minimum absolute atomic E-state index is 0.0326. The first-order chi connectivity index (χ1) is 11.1. The van der Waals surface area contributed by atoms with E-state index in [-0.39, 0.29) is 5.91 Å². The number of anilines is 2. The average Bonchev–Trinajstić information content (AvgIpc) is 2.94. The van der Waals surface area contributed by atoms with Crippen molar-refractivity contribution in [1.29, 1.82) is 0 Å². The molecular formula is C19H21ClN2O. The maximum Gasteiger partial charge on any atom is 0.228 e. The van der Waals surface area contributed by atoms with Gasteiger partial charge in [0.25, 0.3) is 0 Å². The highest BCUT2D eigenvalue weighted by Crippen LogP contribution is 2.24. The Balaban J connectivity index is 1.58. The van der Waals surface area contributed by atoms with Crippen LogP contribution in [-0.2, 0) is 11.2 Å². The maximum absolute atomic E-state index is 12.1. The number of amides is 1. The number of nitrogens with one attached hydrogen (secondary N) is 1. The molecule has 1 saturated heterocycles. The molecule has 0 bridgehead atoms. The Morgan fingerprint density at radius 1 is 1.26 bits per heavy atom. The molecule has 0 spiro atoms. The van der Waals surface area contributed by atoms with Crippen molar-refractivity contribution in [2.75, 3.05) is 23.3 Å². The molecule has 3 nitrogen and oxygen atoms in total. The molecule has 1 N–H and O–H groups in total. The molecule has 3 rings (SSSR count). The van der Waals surface area contributed by atoms with Crippen molar-refractivity contribution >= 4 is 28.9 Å². The molecule has 120 valence electrons. The molecule has 0 saturated carbocycles. The molecule has 2 aromatic carbocycles. The highest BCUT2D eigenvalue weighted by molar-refractivity contribution is 6.30. The zero-order valence-corrected chi connectivity index (χ0v) is 14.0. The van der Waals surface area contributed by atoms with Gasteiger partial charge in [0, 0.05) is 29.5 Å². The monoisotopic (exact) mass is 328 g/mol. The number of nitrogens with zero attached hydrogens (tertiary/aromatic N) is 1. The largest absolute Gasteiger partial charge is 0.371 e. The van der Waals surface area contributed by atoms with Crippen molar-refractivity contribution in [3.8, 4) is 0 Å². The lowest BCUT2D eigenvalue weighted by molar-refractivity contribution is -0.115. The number of rotatable bonds is 4. The molecule has 1 aliphatic rings. The summed E-state index contributed by atoms with van der Waals surface area (Å²) in [5.74, 6) is 0.724. The first-order valence-corrected chi connectivity index (χ1v) is 8.37. The van der Waals surface area contributed by atoms with E-state index in [1.807, 2.05) is 30.3 Å². The number of benzene rings is 2. The van der Waals surface area contributed by atoms with Crippen molar-refractivity contribution in [2.45, 2.75) is 19.8 Å². The van der Waals surface area contributed by atoms with Gasteiger partial charge in [-0.25, -0.2) is 0 Å². The first-order valence-electron chi connectivity index (χ1n) is 7.99. The number of hydrogen-bond acceptors (Lipinski definition) is 2. The normalized spacial score (nSPS) is 17.3. The number of hydrogen-bond donors (Lipinski definition) is 1. The molecular weight excluding hydrogens is 308 g/mol. The first kappa shape index (κ1) is 15.9. The lowest BCUT2D eigenvalue weighted by atomic mass is 10.1. The van der Waals surface area contributed by atoms with Gasteiger partial charge in [-0.15, -0.1) is 0 Å². The van der Waals surface area contributed by atoms with Gasteiger partial charge < -0.3 is 10.2 Å². The van der Waals surface area contributed by atoms with Gasteiger partial charge in [0.2, 0.25) is 5.91 Å². The van der Waals surface area contributed by atoms with E-state index in [1.165, 1.54) is 12.1 Å². The van der Waals surface area contributed by atoms with E-state index in [2.05, 4.69) is 29.3 Å². The quantitative estimate of drug-likeness (QED) is 0.904. The second kappa shape index (κ2) is 7.05. The van der Waals surface area contributed by atoms with E-state index in [1.54, 1.807) is 6.07 Å². The van der Waals surface area contributed by atoms with E-state index in [0.29, 0.717) is 11.4 Å². The van der Waals surface area contributed by atoms with Crippen LogP contribution in [0.2, 0.25) is 5.02 Å². The fourth-order valence-electron chi connectivity index (χ4n) is 2.96. The van der Waals surface area contributed by atoms with Crippen LogP contribution >= 0.6 is 11.6 Å². The molecule has 4 heteroatoms. The third-order valence-electron chi connectivity index (χ3n) is 4.19. The van der Waals surface area contributed by atoms with Crippen LogP contribution in [0.25, 0.3) is 0 Å². The predicted molar refractivity (Wildman–Crippen MR) is 96.2 cm³/mol. The minimum atomic E-state index is -0.0326. The lowest BCUT2D eigenvalue weighted by Crippen LogP contribution is -2.19.